The van der Waals surface area contributed by atoms with Gasteiger partial charge in [0, 0.05) is 23.5 Å². The largest absolute Gasteiger partial charge is 0.466 e. The zero-order valence-corrected chi connectivity index (χ0v) is 29.0. The van der Waals surface area contributed by atoms with Crippen molar-refractivity contribution in [1.82, 2.24) is 19.9 Å². The highest BCUT2D eigenvalue weighted by molar-refractivity contribution is 6.32. The van der Waals surface area contributed by atoms with Crippen molar-refractivity contribution in [2.24, 2.45) is 5.73 Å². The smallest absolute Gasteiger partial charge is 0.310 e. The summed E-state index contributed by atoms with van der Waals surface area (Å²) in [5.41, 5.74) is 2.91. The Balaban J connectivity index is 0.000000305. The molecule has 0 aliphatic carbocycles. The molecule has 0 unspecified atom stereocenters. The molecule has 10 nitrogen and oxygen atoms in total. The van der Waals surface area contributed by atoms with Crippen LogP contribution in [0, 0.1) is 29.5 Å². The number of anilines is 1. The molecule has 0 amide bonds. The summed E-state index contributed by atoms with van der Waals surface area (Å²) in [6, 6.07) is 8.27. The number of halogens is 11. The first-order valence-electron chi connectivity index (χ1n) is 15.0. The molecule has 0 aromatic carbocycles. The van der Waals surface area contributed by atoms with E-state index in [1.807, 2.05) is 5.32 Å². The molecule has 3 N–H and O–H groups in total. The van der Waals surface area contributed by atoms with Gasteiger partial charge in [-0.05, 0) is 38.1 Å². The summed E-state index contributed by atoms with van der Waals surface area (Å²) in [5, 5.41) is 0.612. The lowest BCUT2D eigenvalue weighted by Crippen LogP contribution is -2.27. The molecule has 0 aliphatic rings. The Hall–Kier alpha value is -4.75. The highest BCUT2D eigenvalue weighted by atomic mass is 35.5. The van der Waals surface area contributed by atoms with E-state index in [0.29, 0.717) is 0 Å². The molecule has 0 saturated heterocycles. The summed E-state index contributed by atoms with van der Waals surface area (Å²) in [4.78, 5) is 35.3. The van der Waals surface area contributed by atoms with Crippen LogP contribution in [0.15, 0.2) is 48.8 Å². The van der Waals surface area contributed by atoms with Crippen LogP contribution in [-0.4, -0.2) is 58.2 Å². The van der Waals surface area contributed by atoms with E-state index in [4.69, 9.17) is 28.9 Å². The first-order valence-corrected chi connectivity index (χ1v) is 15.7. The van der Waals surface area contributed by atoms with Gasteiger partial charge in [-0.1, -0.05) is 35.3 Å². The number of hydrogen-bond acceptors (Lipinski definition) is 10. The van der Waals surface area contributed by atoms with Gasteiger partial charge in [0.15, 0.2) is 17.5 Å². The van der Waals surface area contributed by atoms with E-state index < -0.39 is 112 Å². The van der Waals surface area contributed by atoms with Gasteiger partial charge in [0.1, 0.15) is 21.4 Å². The van der Waals surface area contributed by atoms with Gasteiger partial charge in [-0.15, -0.1) is 0 Å². The normalized spacial score (nSPS) is 11.1. The number of aromatic nitrogens is 4. The summed E-state index contributed by atoms with van der Waals surface area (Å²) in [5.74, 6) is -15.9. The second kappa shape index (κ2) is 20.5. The Morgan fingerprint density at radius 2 is 1.17 bits per heavy atom. The number of alkyl halides is 4. The molecule has 53 heavy (non-hydrogen) atoms. The average Bonchev–Trinajstić information content (AvgIpc) is 3.13. The Bertz CT molecular complexity index is 1810. The van der Waals surface area contributed by atoms with Crippen molar-refractivity contribution in [3.8, 4) is 0 Å². The monoisotopic (exact) mass is 802 g/mol. The predicted molar refractivity (Wildman–Crippen MR) is 173 cm³/mol. The fraction of sp³-hybridized carbons (Fsp3) is 0.312. The van der Waals surface area contributed by atoms with Crippen LogP contribution in [0.3, 0.4) is 0 Å². The number of pyridine rings is 4. The molecule has 0 bridgehead atoms. The topological polar surface area (TPSA) is 142 Å². The number of esters is 2. The van der Waals surface area contributed by atoms with Crippen molar-refractivity contribution < 1.29 is 58.6 Å². The summed E-state index contributed by atoms with van der Waals surface area (Å²) < 4.78 is 130. The van der Waals surface area contributed by atoms with Gasteiger partial charge in [0.25, 0.3) is 5.95 Å². The third kappa shape index (κ3) is 13.0. The highest BCUT2D eigenvalue weighted by Gasteiger charge is 2.34. The number of hydrogen-bond donors (Lipinski definition) is 2. The summed E-state index contributed by atoms with van der Waals surface area (Å²) in [6.07, 6.45) is 1.19. The van der Waals surface area contributed by atoms with Gasteiger partial charge >= 0.3 is 23.8 Å². The minimum absolute atomic E-state index is 0.0348. The number of nitrogens with two attached hydrogens (primary N) is 1. The number of rotatable bonds is 12. The number of nitrogens with one attached hydrogen (secondary N) is 1. The predicted octanol–water partition coefficient (Wildman–Crippen LogP) is 7.11. The molecule has 0 saturated carbocycles. The van der Waals surface area contributed by atoms with Crippen LogP contribution in [0.1, 0.15) is 36.4 Å². The van der Waals surface area contributed by atoms with Crippen LogP contribution in [0.2, 0.25) is 10.0 Å². The van der Waals surface area contributed by atoms with Crippen LogP contribution in [0.4, 0.5) is 45.3 Å². The molecule has 288 valence electrons. The van der Waals surface area contributed by atoms with Gasteiger partial charge in [-0.25, -0.2) is 8.78 Å². The van der Waals surface area contributed by atoms with E-state index in [1.165, 1.54) is 43.6 Å². The third-order valence-corrected chi connectivity index (χ3v) is 7.05. The molecule has 4 aromatic heterocycles. The SMILES string of the molecule is CCOC(=O)Cc1c(F)c(F)nc(F)c1Cl.CCOC(=O)Cc1c(F)c(NCC(F)(F)c2ccccn2)nc(F)c1Cl.NCC(F)(F)c1ccccn1. The van der Waals surface area contributed by atoms with Crippen LogP contribution >= 0.6 is 23.2 Å². The van der Waals surface area contributed by atoms with Gasteiger partial charge in [0.2, 0.25) is 11.9 Å². The second-order valence-electron chi connectivity index (χ2n) is 10.0. The molecule has 0 radical (unpaired) electrons. The Kier molecular flexibility index (Phi) is 17.2. The van der Waals surface area contributed by atoms with Gasteiger partial charge in [-0.3, -0.25) is 19.6 Å². The molecule has 4 rings (SSSR count). The van der Waals surface area contributed by atoms with E-state index in [1.54, 1.807) is 13.0 Å². The van der Waals surface area contributed by atoms with Crippen molar-refractivity contribution in [3.63, 3.8) is 0 Å². The number of nitrogens with zero attached hydrogens (tertiary/aromatic N) is 4. The molecular formula is C32H29Cl2F9N6O4. The minimum Gasteiger partial charge on any atom is -0.466 e. The van der Waals surface area contributed by atoms with Crippen LogP contribution in [-0.2, 0) is 43.7 Å². The standard InChI is InChI=1S/C16H14ClF4N3O2.C9H7ClF3NO2.C7H8F2N2/c1-2-26-11(25)7-9-12(17)14(19)24-15(13(9)18)23-8-16(20,21)10-5-3-4-6-22-10;1-2-16-5(15)3-4-6(10)8(12)14-9(13)7(4)11;8-7(9,5-10)6-3-1-2-4-11-6/h3-6H,2,7-8H2,1H3,(H,23,24);2-3H2,1H3;1-4H,5,10H2. The van der Waals surface area contributed by atoms with Gasteiger partial charge in [0.05, 0.1) is 39.1 Å². The first kappa shape index (κ1) is 44.4. The van der Waals surface area contributed by atoms with Crippen LogP contribution < -0.4 is 11.1 Å². The maximum atomic E-state index is 14.4. The minimum atomic E-state index is -3.47. The fourth-order valence-electron chi connectivity index (χ4n) is 3.78. The molecular weight excluding hydrogens is 774 g/mol. The lowest BCUT2D eigenvalue weighted by Gasteiger charge is -2.18. The Morgan fingerprint density at radius 1 is 0.717 bits per heavy atom. The molecule has 0 aliphatic heterocycles. The summed E-state index contributed by atoms with van der Waals surface area (Å²) in [6.45, 7) is 1.40. The zero-order chi connectivity index (χ0) is 39.9. The van der Waals surface area contributed by atoms with E-state index >= 15 is 0 Å². The fourth-order valence-corrected chi connectivity index (χ4v) is 4.16. The quantitative estimate of drug-likeness (QED) is 0.0865. The maximum absolute atomic E-state index is 14.4. The van der Waals surface area contributed by atoms with Crippen molar-refractivity contribution in [3.05, 3.63) is 111 Å². The van der Waals surface area contributed by atoms with Crippen molar-refractivity contribution >= 4 is 41.0 Å². The highest BCUT2D eigenvalue weighted by Crippen LogP contribution is 2.30. The van der Waals surface area contributed by atoms with E-state index in [9.17, 15) is 49.1 Å². The number of ether oxygens (including phenoxy) is 2. The molecule has 0 atom stereocenters. The first-order chi connectivity index (χ1) is 24.9. The third-order valence-electron chi connectivity index (χ3n) is 6.28. The molecule has 4 aromatic rings. The van der Waals surface area contributed by atoms with Gasteiger partial charge < -0.3 is 20.5 Å². The zero-order valence-electron chi connectivity index (χ0n) is 27.5. The lowest BCUT2D eigenvalue weighted by molar-refractivity contribution is -0.143. The second-order valence-corrected chi connectivity index (χ2v) is 10.8. The van der Waals surface area contributed by atoms with Crippen molar-refractivity contribution in [2.75, 3.05) is 31.6 Å². The van der Waals surface area contributed by atoms with Gasteiger partial charge in [-0.2, -0.15) is 40.7 Å². The number of carbonyl (C=O) groups excluding carboxylic acids is 2. The van der Waals surface area contributed by atoms with Crippen LogP contribution in [0.25, 0.3) is 0 Å². The molecule has 0 fully saturated rings. The van der Waals surface area contributed by atoms with E-state index in [-0.39, 0.29) is 18.9 Å². The van der Waals surface area contributed by atoms with Crippen molar-refractivity contribution in [1.29, 1.82) is 0 Å². The Labute approximate surface area is 305 Å². The van der Waals surface area contributed by atoms with Crippen LogP contribution in [0.5, 0.6) is 0 Å². The Morgan fingerprint density at radius 3 is 1.60 bits per heavy atom. The molecule has 0 spiro atoms. The number of carbonyl (C=O) groups is 2. The summed E-state index contributed by atoms with van der Waals surface area (Å²) in [7, 11) is 0. The van der Waals surface area contributed by atoms with Crippen molar-refractivity contribution in [2.45, 2.75) is 38.5 Å². The molecule has 21 heteroatoms. The van der Waals surface area contributed by atoms with E-state index in [2.05, 4.69) is 29.4 Å². The average molecular weight is 804 g/mol. The summed E-state index contributed by atoms with van der Waals surface area (Å²) >= 11 is 11.0. The lowest BCUT2D eigenvalue weighted by atomic mass is 10.1. The molecule has 4 heterocycles. The maximum Gasteiger partial charge on any atom is 0.310 e. The van der Waals surface area contributed by atoms with E-state index in [0.717, 1.165) is 6.07 Å².